The van der Waals surface area contributed by atoms with Crippen LogP contribution in [0.1, 0.15) is 27.7 Å². The van der Waals surface area contributed by atoms with Crippen LogP contribution in [0.15, 0.2) is 0 Å². The molecule has 0 radical (unpaired) electrons. The summed E-state index contributed by atoms with van der Waals surface area (Å²) in [6.45, 7) is 13.8. The number of hydrogen-bond acceptors (Lipinski definition) is 3. The zero-order valence-corrected chi connectivity index (χ0v) is 15.5. The molecule has 6 heteroatoms. The van der Waals surface area contributed by atoms with Crippen LogP contribution in [0.4, 0.5) is 0 Å². The van der Waals surface area contributed by atoms with Gasteiger partial charge in [0.25, 0.3) is 0 Å². The van der Waals surface area contributed by atoms with E-state index in [2.05, 4.69) is 37.5 Å². The maximum absolute atomic E-state index is 8.66. The van der Waals surface area contributed by atoms with Crippen LogP contribution in [-0.4, -0.2) is 65.7 Å². The Morgan fingerprint density at radius 3 is 1.50 bits per heavy atom. The minimum Gasteiger partial charge on any atom is -0.396 e. The number of alkyl halides is 1. The topological polar surface area (TPSA) is 26.7 Å². The molecule has 2 heterocycles. The van der Waals surface area contributed by atoms with Crippen LogP contribution in [0.3, 0.4) is 0 Å². The monoisotopic (exact) mass is 348 g/mol. The maximum atomic E-state index is 8.66. The van der Waals surface area contributed by atoms with E-state index in [1.807, 2.05) is 0 Å². The van der Waals surface area contributed by atoms with Crippen molar-refractivity contribution in [1.82, 2.24) is 9.80 Å². The summed E-state index contributed by atoms with van der Waals surface area (Å²) < 4.78 is 0. The van der Waals surface area contributed by atoms with Crippen LogP contribution in [0.5, 0.6) is 0 Å². The zero-order valence-electron chi connectivity index (χ0n) is 13.1. The molecule has 2 saturated heterocycles. The Kier molecular flexibility index (Phi) is 13.0. The summed E-state index contributed by atoms with van der Waals surface area (Å²) >= 11 is 5.65. The van der Waals surface area contributed by atoms with Gasteiger partial charge in [-0.2, -0.15) is 0 Å². The summed E-state index contributed by atoms with van der Waals surface area (Å²) in [6.07, 6.45) is 0. The summed E-state index contributed by atoms with van der Waals surface area (Å²) in [6, 6.07) is 1.37. The second-order valence-electron chi connectivity index (χ2n) is 6.16. The highest BCUT2D eigenvalue weighted by Gasteiger charge is 2.27. The van der Waals surface area contributed by atoms with Crippen LogP contribution in [0.2, 0.25) is 0 Å². The second-order valence-corrected chi connectivity index (χ2v) is 6.47. The Labute approximate surface area is 141 Å². The number of nitrogens with zero attached hydrogens (tertiary/aromatic N) is 2. The molecule has 2 rings (SSSR count). The lowest BCUT2D eigenvalue weighted by molar-refractivity contribution is 0.0308. The maximum Gasteiger partial charge on any atom is 0.0483 e. The smallest absolute Gasteiger partial charge is 0.0483 e. The van der Waals surface area contributed by atoms with Gasteiger partial charge in [-0.25, -0.2) is 0 Å². The van der Waals surface area contributed by atoms with Crippen molar-refractivity contribution in [2.75, 3.05) is 38.7 Å². The number of likely N-dealkylation sites (tertiary alicyclic amines) is 2. The Balaban J connectivity index is 0. The fraction of sp³-hybridized carbons (Fsp3) is 1.00. The van der Waals surface area contributed by atoms with E-state index in [-0.39, 0.29) is 24.8 Å². The van der Waals surface area contributed by atoms with E-state index in [4.69, 9.17) is 16.7 Å². The van der Waals surface area contributed by atoms with Gasteiger partial charge in [-0.3, -0.25) is 0 Å². The molecule has 0 amide bonds. The van der Waals surface area contributed by atoms with Crippen LogP contribution in [-0.2, 0) is 0 Å². The van der Waals surface area contributed by atoms with Crippen LogP contribution < -0.4 is 0 Å². The molecule has 0 unspecified atom stereocenters. The van der Waals surface area contributed by atoms with Crippen molar-refractivity contribution in [3.63, 3.8) is 0 Å². The summed E-state index contributed by atoms with van der Waals surface area (Å²) in [5.74, 6) is 2.17. The van der Waals surface area contributed by atoms with Gasteiger partial charge in [-0.1, -0.05) is 0 Å². The van der Waals surface area contributed by atoms with Crippen molar-refractivity contribution in [2.24, 2.45) is 11.8 Å². The highest BCUT2D eigenvalue weighted by atomic mass is 35.5. The van der Waals surface area contributed by atoms with Gasteiger partial charge >= 0.3 is 0 Å². The van der Waals surface area contributed by atoms with Gasteiger partial charge in [0.1, 0.15) is 0 Å². The fourth-order valence-electron chi connectivity index (χ4n) is 2.28. The van der Waals surface area contributed by atoms with Gasteiger partial charge in [-0.15, -0.1) is 36.4 Å². The van der Waals surface area contributed by atoms with E-state index in [0.717, 1.165) is 24.9 Å². The lowest BCUT2D eigenvalue weighted by Crippen LogP contribution is -2.51. The van der Waals surface area contributed by atoms with Gasteiger partial charge in [0, 0.05) is 56.7 Å². The molecule has 3 nitrogen and oxygen atoms in total. The molecule has 1 N–H and O–H groups in total. The largest absolute Gasteiger partial charge is 0.396 e. The lowest BCUT2D eigenvalue weighted by atomic mass is 10.00. The van der Waals surface area contributed by atoms with Crippen molar-refractivity contribution >= 4 is 36.4 Å². The van der Waals surface area contributed by atoms with E-state index in [9.17, 15) is 0 Å². The molecule has 2 aliphatic heterocycles. The summed E-state index contributed by atoms with van der Waals surface area (Å²) in [7, 11) is 0. The highest BCUT2D eigenvalue weighted by Crippen LogP contribution is 2.18. The summed E-state index contributed by atoms with van der Waals surface area (Å²) in [5.41, 5.74) is 0. The molecule has 0 atom stereocenters. The van der Waals surface area contributed by atoms with E-state index in [0.29, 0.717) is 24.6 Å². The summed E-state index contributed by atoms with van der Waals surface area (Å²) in [5, 5.41) is 8.66. The quantitative estimate of drug-likeness (QED) is 0.791. The Hall–Kier alpha value is 0.750. The SMILES string of the molecule is CC(C)N1CC(CCl)C1.CC(C)N1CC(CO)C1.Cl.Cl. The fourth-order valence-corrected chi connectivity index (χ4v) is 2.47. The molecular formula is C14H31Cl3N2O. The zero-order chi connectivity index (χ0) is 13.7. The van der Waals surface area contributed by atoms with E-state index in [1.54, 1.807) is 0 Å². The molecule has 2 aliphatic rings. The van der Waals surface area contributed by atoms with Gasteiger partial charge in [0.05, 0.1) is 0 Å². The van der Waals surface area contributed by atoms with E-state index in [1.165, 1.54) is 13.1 Å². The van der Waals surface area contributed by atoms with Crippen molar-refractivity contribution in [3.05, 3.63) is 0 Å². The highest BCUT2D eigenvalue weighted by molar-refractivity contribution is 6.18. The average Bonchev–Trinajstić information content (AvgIpc) is 2.14. The van der Waals surface area contributed by atoms with Crippen molar-refractivity contribution in [3.8, 4) is 0 Å². The average molecular weight is 350 g/mol. The Bertz CT molecular complexity index is 206. The number of aliphatic hydroxyl groups excluding tert-OH is 1. The first-order valence-electron chi connectivity index (χ1n) is 7.12. The van der Waals surface area contributed by atoms with Crippen LogP contribution in [0.25, 0.3) is 0 Å². The molecular weight excluding hydrogens is 319 g/mol. The van der Waals surface area contributed by atoms with Gasteiger partial charge in [0.2, 0.25) is 0 Å². The second kappa shape index (κ2) is 11.3. The molecule has 20 heavy (non-hydrogen) atoms. The standard InChI is InChI=1S/C7H14ClN.C7H15NO.2ClH/c1-6(2)9-4-7(3-8)5-9;1-6(2)8-3-7(4-8)5-9;;/h6-7H,3-5H2,1-2H3;6-7,9H,3-5H2,1-2H3;2*1H. The third-order valence-electron chi connectivity index (χ3n) is 3.91. The predicted molar refractivity (Wildman–Crippen MR) is 92.7 cm³/mol. The molecule has 0 aromatic carbocycles. The molecule has 0 aliphatic carbocycles. The van der Waals surface area contributed by atoms with Crippen molar-refractivity contribution in [2.45, 2.75) is 39.8 Å². The lowest BCUT2D eigenvalue weighted by Gasteiger charge is -2.41. The van der Waals surface area contributed by atoms with Crippen molar-refractivity contribution in [1.29, 1.82) is 0 Å². The Morgan fingerprint density at radius 1 is 0.900 bits per heavy atom. The molecule has 0 spiro atoms. The first kappa shape index (κ1) is 23.0. The first-order valence-corrected chi connectivity index (χ1v) is 7.66. The normalized spacial score (nSPS) is 20.4. The Morgan fingerprint density at radius 2 is 1.25 bits per heavy atom. The van der Waals surface area contributed by atoms with E-state index >= 15 is 0 Å². The molecule has 0 bridgehead atoms. The molecule has 0 aromatic heterocycles. The molecule has 0 aromatic rings. The molecule has 2 fully saturated rings. The number of rotatable bonds is 4. The van der Waals surface area contributed by atoms with Crippen LogP contribution >= 0.6 is 36.4 Å². The predicted octanol–water partition coefficient (Wildman–Crippen LogP) is 2.73. The number of hydrogen-bond donors (Lipinski definition) is 1. The van der Waals surface area contributed by atoms with Gasteiger partial charge < -0.3 is 14.9 Å². The minimum atomic E-state index is 0. The number of aliphatic hydroxyl groups is 1. The molecule has 124 valence electrons. The summed E-state index contributed by atoms with van der Waals surface area (Å²) in [4.78, 5) is 4.80. The minimum absolute atomic E-state index is 0. The van der Waals surface area contributed by atoms with Crippen molar-refractivity contribution < 1.29 is 5.11 Å². The van der Waals surface area contributed by atoms with E-state index < -0.39 is 0 Å². The van der Waals surface area contributed by atoms with Gasteiger partial charge in [-0.05, 0) is 33.6 Å². The van der Waals surface area contributed by atoms with Crippen LogP contribution in [0, 0.1) is 11.8 Å². The van der Waals surface area contributed by atoms with Gasteiger partial charge in [0.15, 0.2) is 0 Å². The number of halogens is 3. The molecule has 0 saturated carbocycles. The third kappa shape index (κ3) is 7.15. The third-order valence-corrected chi connectivity index (χ3v) is 4.34. The first-order chi connectivity index (χ1) is 8.47.